The minimum Gasteiger partial charge on any atom is -0.457 e. The van der Waals surface area contributed by atoms with Gasteiger partial charge in [0.25, 0.3) is 0 Å². The monoisotopic (exact) mass is 779 g/mol. The fraction of sp³-hybridized carbons (Fsp3) is 0.722. The Bertz CT molecular complexity index is 1360. The Balaban J connectivity index is 2.59. The standard InChI is InChI=1S/C36H56Cl3NO7SSi/c1-22-14-13-15-23(2)31(46-33(43)44-21-36(37,38)39)25(4)32(42)35(9,10)29(47-49(11,12)34(6,7)8)19-30(41)45-28(17-16-22)24(3)18-27-20-48-26(5)40-27/h16,18,20,23,25,28-29,31H,13-15,17,19,21H2,1-12H3/b22-16-,24-18+/t23-,25+,28-,29-,31-/m0/s1. The van der Waals surface area contributed by atoms with Crippen LogP contribution in [0.5, 0.6) is 0 Å². The van der Waals surface area contributed by atoms with Gasteiger partial charge in [-0.15, -0.1) is 11.3 Å². The van der Waals surface area contributed by atoms with Crippen molar-refractivity contribution in [2.75, 3.05) is 6.61 Å². The van der Waals surface area contributed by atoms with Crippen LogP contribution in [0.2, 0.25) is 18.1 Å². The number of halogens is 3. The summed E-state index contributed by atoms with van der Waals surface area (Å²) in [6, 6.07) is 0. The first kappa shape index (κ1) is 43.7. The van der Waals surface area contributed by atoms with Crippen LogP contribution in [0.1, 0.15) is 105 Å². The van der Waals surface area contributed by atoms with E-state index in [1.54, 1.807) is 32.1 Å². The van der Waals surface area contributed by atoms with Crippen LogP contribution >= 0.6 is 46.1 Å². The van der Waals surface area contributed by atoms with E-state index in [1.807, 2.05) is 32.2 Å². The molecule has 1 aliphatic rings. The summed E-state index contributed by atoms with van der Waals surface area (Å²) >= 11 is 18.9. The number of alkyl halides is 3. The number of carbonyl (C=O) groups excluding carboxylic acids is 3. The Morgan fingerprint density at radius 2 is 1.80 bits per heavy atom. The number of nitrogens with zero attached hydrogens (tertiary/aromatic N) is 1. The number of carbonyl (C=O) groups is 3. The summed E-state index contributed by atoms with van der Waals surface area (Å²) in [7, 11) is -2.50. The lowest BCUT2D eigenvalue weighted by Gasteiger charge is -2.44. The Morgan fingerprint density at radius 1 is 1.16 bits per heavy atom. The summed E-state index contributed by atoms with van der Waals surface area (Å²) in [6.45, 7) is 23.3. The number of rotatable bonds is 6. The van der Waals surface area contributed by atoms with Gasteiger partial charge in [-0.25, -0.2) is 9.78 Å². The van der Waals surface area contributed by atoms with Crippen LogP contribution < -0.4 is 0 Å². The van der Waals surface area contributed by atoms with E-state index >= 15 is 0 Å². The number of aromatic nitrogens is 1. The molecule has 49 heavy (non-hydrogen) atoms. The lowest BCUT2D eigenvalue weighted by Crippen LogP contribution is -2.53. The number of Topliss-reactive ketones (excluding diaryl/α,β-unsaturated/α-hetero) is 1. The number of thiazole rings is 1. The molecule has 0 radical (unpaired) electrons. The van der Waals surface area contributed by atoms with Gasteiger partial charge in [-0.2, -0.15) is 0 Å². The summed E-state index contributed by atoms with van der Waals surface area (Å²) in [5.74, 6) is -1.64. The molecule has 0 N–H and O–H groups in total. The molecule has 5 atom stereocenters. The molecule has 1 aliphatic heterocycles. The summed E-state index contributed by atoms with van der Waals surface area (Å²) < 4.78 is 22.2. The van der Waals surface area contributed by atoms with Crippen molar-refractivity contribution in [3.05, 3.63) is 33.3 Å². The molecule has 1 aromatic rings. The molecular formula is C36H56Cl3NO7SSi. The maximum absolute atomic E-state index is 14.6. The van der Waals surface area contributed by atoms with Gasteiger partial charge >= 0.3 is 12.1 Å². The number of hydrogen-bond donors (Lipinski definition) is 0. The van der Waals surface area contributed by atoms with Crippen molar-refractivity contribution in [3.63, 3.8) is 0 Å². The van der Waals surface area contributed by atoms with Gasteiger partial charge in [0, 0.05) is 17.2 Å². The van der Waals surface area contributed by atoms with Crippen LogP contribution in [-0.4, -0.2) is 59.9 Å². The molecule has 13 heteroatoms. The van der Waals surface area contributed by atoms with E-state index in [1.165, 1.54) is 0 Å². The first-order valence-corrected chi connectivity index (χ1v) is 21.8. The third kappa shape index (κ3) is 13.6. The Labute approximate surface area is 313 Å². The van der Waals surface area contributed by atoms with E-state index < -0.39 is 60.5 Å². The number of cyclic esters (lactones) is 1. The fourth-order valence-electron chi connectivity index (χ4n) is 5.60. The molecule has 0 aromatic carbocycles. The minimum atomic E-state index is -2.50. The maximum atomic E-state index is 14.6. The van der Waals surface area contributed by atoms with Gasteiger partial charge in [-0.05, 0) is 75.7 Å². The average molecular weight is 781 g/mol. The zero-order valence-electron chi connectivity index (χ0n) is 31.2. The van der Waals surface area contributed by atoms with Gasteiger partial charge in [0.15, 0.2) is 8.32 Å². The highest BCUT2D eigenvalue weighted by Crippen LogP contribution is 2.42. The van der Waals surface area contributed by atoms with Gasteiger partial charge < -0.3 is 18.6 Å². The minimum absolute atomic E-state index is 0.132. The molecule has 1 aromatic heterocycles. The third-order valence-electron chi connectivity index (χ3n) is 9.79. The first-order valence-electron chi connectivity index (χ1n) is 16.9. The zero-order valence-corrected chi connectivity index (χ0v) is 35.3. The van der Waals surface area contributed by atoms with Crippen molar-refractivity contribution < 1.29 is 33.0 Å². The molecule has 0 amide bonds. The number of esters is 1. The van der Waals surface area contributed by atoms with E-state index in [-0.39, 0.29) is 23.2 Å². The van der Waals surface area contributed by atoms with Crippen LogP contribution in [0.25, 0.3) is 6.08 Å². The molecular weight excluding hydrogens is 725 g/mol. The highest BCUT2D eigenvalue weighted by molar-refractivity contribution is 7.09. The lowest BCUT2D eigenvalue weighted by atomic mass is 9.73. The molecule has 0 unspecified atom stereocenters. The predicted molar refractivity (Wildman–Crippen MR) is 203 cm³/mol. The Morgan fingerprint density at radius 3 is 2.35 bits per heavy atom. The largest absolute Gasteiger partial charge is 0.508 e. The van der Waals surface area contributed by atoms with Crippen molar-refractivity contribution in [2.45, 2.75) is 142 Å². The summed E-state index contributed by atoms with van der Waals surface area (Å²) in [6.07, 6.45) is 3.49. The van der Waals surface area contributed by atoms with Crippen LogP contribution in [0, 0.1) is 24.2 Å². The fourth-order valence-corrected chi connectivity index (χ4v) is 7.78. The number of ether oxygens (including phenoxy) is 3. The molecule has 0 aliphatic carbocycles. The van der Waals surface area contributed by atoms with Gasteiger partial charge in [0.1, 0.15) is 24.6 Å². The molecule has 0 bridgehead atoms. The molecule has 278 valence electrons. The van der Waals surface area contributed by atoms with E-state index in [9.17, 15) is 14.4 Å². The second kappa shape index (κ2) is 17.9. The van der Waals surface area contributed by atoms with Crippen LogP contribution in [0.15, 0.2) is 22.6 Å². The van der Waals surface area contributed by atoms with Gasteiger partial charge in [0.05, 0.1) is 29.1 Å². The third-order valence-corrected chi connectivity index (χ3v) is 15.4. The van der Waals surface area contributed by atoms with Crippen molar-refractivity contribution in [1.82, 2.24) is 4.98 Å². The Hall–Kier alpha value is -1.43. The predicted octanol–water partition coefficient (Wildman–Crippen LogP) is 10.8. The molecule has 2 heterocycles. The van der Waals surface area contributed by atoms with Gasteiger partial charge in [0.2, 0.25) is 3.79 Å². The van der Waals surface area contributed by atoms with E-state index in [0.717, 1.165) is 34.7 Å². The zero-order chi connectivity index (χ0) is 37.5. The average Bonchev–Trinajstić information content (AvgIpc) is 3.38. The highest BCUT2D eigenvalue weighted by Gasteiger charge is 2.49. The number of allylic oxidation sites excluding steroid dienone is 1. The second-order valence-electron chi connectivity index (χ2n) is 15.5. The summed E-state index contributed by atoms with van der Waals surface area (Å²) in [5.41, 5.74) is 1.68. The normalized spacial score (nSPS) is 26.8. The van der Waals surface area contributed by atoms with Crippen molar-refractivity contribution >= 4 is 78.4 Å². The number of ketones is 1. The first-order chi connectivity index (χ1) is 22.3. The van der Waals surface area contributed by atoms with Crippen molar-refractivity contribution in [3.8, 4) is 0 Å². The van der Waals surface area contributed by atoms with Crippen molar-refractivity contribution in [1.29, 1.82) is 0 Å². The van der Waals surface area contributed by atoms with Crippen molar-refractivity contribution in [2.24, 2.45) is 17.3 Å². The molecule has 0 saturated heterocycles. The van der Waals surface area contributed by atoms with Crippen LogP contribution in [0.3, 0.4) is 0 Å². The van der Waals surface area contributed by atoms with Gasteiger partial charge in [-0.3, -0.25) is 9.59 Å². The topological polar surface area (TPSA) is 101 Å². The van der Waals surface area contributed by atoms with E-state index in [0.29, 0.717) is 12.8 Å². The number of aryl methyl sites for hydroxylation is 1. The molecule has 2 rings (SSSR count). The highest BCUT2D eigenvalue weighted by atomic mass is 35.6. The summed E-state index contributed by atoms with van der Waals surface area (Å²) in [4.78, 5) is 45.8. The molecule has 0 saturated carbocycles. The van der Waals surface area contributed by atoms with Crippen LogP contribution in [-0.2, 0) is 28.2 Å². The lowest BCUT2D eigenvalue weighted by molar-refractivity contribution is -0.153. The quantitative estimate of drug-likeness (QED) is 0.122. The summed E-state index contributed by atoms with van der Waals surface area (Å²) in [5, 5.41) is 2.74. The van der Waals surface area contributed by atoms with Gasteiger partial charge in [-0.1, -0.05) is 94.9 Å². The maximum Gasteiger partial charge on any atom is 0.508 e. The number of hydrogen-bond acceptors (Lipinski definition) is 9. The van der Waals surface area contributed by atoms with Crippen LogP contribution in [0.4, 0.5) is 4.79 Å². The molecule has 8 nitrogen and oxygen atoms in total. The van der Waals surface area contributed by atoms with E-state index in [4.69, 9.17) is 53.4 Å². The van der Waals surface area contributed by atoms with E-state index in [2.05, 4.69) is 51.8 Å². The smallest absolute Gasteiger partial charge is 0.457 e. The SMILES string of the molecule is C/C1=C/C[C@@H](/C(C)=C/c2csc(C)n2)OC(=O)C[C@H](O[Si](C)(C)C(C)(C)C)C(C)(C)C(=O)[C@H](C)[C@@H](OC(=O)OCC(Cl)(Cl)Cl)[C@@H](C)CCC1. The molecule has 0 fully saturated rings. The molecule has 0 spiro atoms. The second-order valence-corrected chi connectivity index (χ2v) is 23.8. The Kier molecular flexibility index (Phi) is 15.9.